The van der Waals surface area contributed by atoms with E-state index in [0.717, 1.165) is 53.9 Å². The van der Waals surface area contributed by atoms with Crippen LogP contribution >= 0.6 is 11.3 Å². The van der Waals surface area contributed by atoms with Crippen LogP contribution in [0.4, 0.5) is 13.2 Å². The molecule has 4 aromatic rings. The normalized spacial score (nSPS) is 14.3. The Morgan fingerprint density at radius 3 is 2.70 bits per heavy atom. The number of esters is 1. The Hall–Kier alpha value is -3.70. The van der Waals surface area contributed by atoms with Crippen LogP contribution in [-0.4, -0.2) is 40.4 Å². The van der Waals surface area contributed by atoms with Crippen LogP contribution in [0.2, 0.25) is 0 Å². The molecule has 0 spiro atoms. The first kappa shape index (κ1) is 27.9. The molecular weight excluding hydrogens is 541 g/mol. The number of ether oxygens (including phenoxy) is 2. The number of thiophene rings is 1. The Labute approximate surface area is 234 Å². The predicted molar refractivity (Wildman–Crippen MR) is 146 cm³/mol. The van der Waals surface area contributed by atoms with Crippen LogP contribution in [0.3, 0.4) is 0 Å². The monoisotopic (exact) mass is 570 g/mol. The van der Waals surface area contributed by atoms with Gasteiger partial charge in [0, 0.05) is 5.56 Å². The molecular formula is C29H29F3N4O3S. The maximum atomic E-state index is 14.0. The van der Waals surface area contributed by atoms with Crippen molar-refractivity contribution in [1.82, 2.24) is 20.1 Å². The first-order valence-corrected chi connectivity index (χ1v) is 13.9. The predicted octanol–water partition coefficient (Wildman–Crippen LogP) is 6.55. The van der Waals surface area contributed by atoms with Crippen molar-refractivity contribution in [3.8, 4) is 22.1 Å². The molecule has 7 nitrogen and oxygen atoms in total. The van der Waals surface area contributed by atoms with Gasteiger partial charge in [0.15, 0.2) is 11.5 Å². The highest BCUT2D eigenvalue weighted by Gasteiger charge is 2.41. The summed E-state index contributed by atoms with van der Waals surface area (Å²) in [7, 11) is 0. The van der Waals surface area contributed by atoms with Crippen LogP contribution in [0.15, 0.2) is 54.0 Å². The van der Waals surface area contributed by atoms with Crippen molar-refractivity contribution >= 4 is 17.3 Å². The minimum absolute atomic E-state index is 0.0554. The molecule has 0 saturated carbocycles. The number of carbonyl (C=O) groups excluding carboxylic acids is 1. The van der Waals surface area contributed by atoms with E-state index in [9.17, 15) is 18.0 Å². The molecule has 3 aromatic heterocycles. The van der Waals surface area contributed by atoms with E-state index in [4.69, 9.17) is 9.47 Å². The van der Waals surface area contributed by atoms with E-state index in [0.29, 0.717) is 16.3 Å². The van der Waals surface area contributed by atoms with Gasteiger partial charge >= 0.3 is 12.1 Å². The van der Waals surface area contributed by atoms with Crippen LogP contribution in [0, 0.1) is 6.92 Å². The van der Waals surface area contributed by atoms with Gasteiger partial charge in [-0.25, -0.2) is 14.5 Å². The van der Waals surface area contributed by atoms with Crippen molar-refractivity contribution in [2.24, 2.45) is 0 Å². The molecule has 1 saturated heterocycles. The number of rotatable bonds is 8. The summed E-state index contributed by atoms with van der Waals surface area (Å²) < 4.78 is 53.5. The quantitative estimate of drug-likeness (QED) is 0.242. The summed E-state index contributed by atoms with van der Waals surface area (Å²) in [5, 5.41) is 9.12. The molecule has 0 bridgehead atoms. The summed E-state index contributed by atoms with van der Waals surface area (Å²) in [6.07, 6.45) is -1.74. The average molecular weight is 571 g/mol. The highest BCUT2D eigenvalue weighted by molar-refractivity contribution is 7.13. The molecule has 1 N–H and O–H groups in total. The van der Waals surface area contributed by atoms with E-state index in [1.807, 2.05) is 24.4 Å². The number of nitrogens with one attached hydrogen (secondary N) is 1. The third-order valence-corrected chi connectivity index (χ3v) is 7.84. The number of pyridine rings is 1. The molecule has 1 aliphatic rings. The Morgan fingerprint density at radius 1 is 1.18 bits per heavy atom. The van der Waals surface area contributed by atoms with Gasteiger partial charge in [0.25, 0.3) is 0 Å². The van der Waals surface area contributed by atoms with Crippen molar-refractivity contribution in [2.45, 2.75) is 45.4 Å². The van der Waals surface area contributed by atoms with Crippen LogP contribution in [0.1, 0.15) is 58.4 Å². The van der Waals surface area contributed by atoms with E-state index in [-0.39, 0.29) is 19.0 Å². The van der Waals surface area contributed by atoms with Gasteiger partial charge in [-0.2, -0.15) is 18.3 Å². The zero-order valence-corrected chi connectivity index (χ0v) is 22.9. The number of piperidine rings is 1. The molecule has 0 radical (unpaired) electrons. The van der Waals surface area contributed by atoms with Crippen LogP contribution in [-0.2, 0) is 17.5 Å². The third kappa shape index (κ3) is 5.90. The number of aryl methyl sites for hydroxylation is 1. The van der Waals surface area contributed by atoms with Crippen molar-refractivity contribution < 1.29 is 27.4 Å². The van der Waals surface area contributed by atoms with Crippen LogP contribution in [0.25, 0.3) is 16.4 Å². The van der Waals surface area contributed by atoms with Gasteiger partial charge in [0.2, 0.25) is 0 Å². The number of nitrogens with zero attached hydrogens (tertiary/aromatic N) is 3. The lowest BCUT2D eigenvalue weighted by molar-refractivity contribution is -0.143. The second kappa shape index (κ2) is 11.8. The van der Waals surface area contributed by atoms with Gasteiger partial charge in [-0.05, 0) is 86.5 Å². The summed E-state index contributed by atoms with van der Waals surface area (Å²) in [5.74, 6) is 0.185. The number of benzene rings is 1. The SMILES string of the molecule is CCOC(=O)c1cnn(-c2cccc(-c3sccc3COc3ccc(C4CCNCC4)cc3C)n2)c1C(F)(F)F. The number of halogens is 3. The highest BCUT2D eigenvalue weighted by atomic mass is 32.1. The maximum absolute atomic E-state index is 14.0. The molecule has 40 heavy (non-hydrogen) atoms. The summed E-state index contributed by atoms with van der Waals surface area (Å²) in [4.78, 5) is 17.4. The topological polar surface area (TPSA) is 78.3 Å². The Bertz CT molecular complexity index is 1490. The van der Waals surface area contributed by atoms with Gasteiger partial charge in [-0.15, -0.1) is 11.3 Å². The standard InChI is InChI=1S/C29H29F3N4O3S/c1-3-38-28(37)22-16-34-36(27(22)29(30,31)32)25-6-4-5-23(35-25)26-21(11-14-40-26)17-39-24-8-7-20(15-18(24)2)19-9-12-33-13-10-19/h4-8,11,14-16,19,33H,3,9-10,12-13,17H2,1-2H3. The van der Waals surface area contributed by atoms with Gasteiger partial charge < -0.3 is 14.8 Å². The fraction of sp³-hybridized carbons (Fsp3) is 0.345. The molecule has 4 heterocycles. The van der Waals surface area contributed by atoms with Crippen molar-refractivity contribution in [1.29, 1.82) is 0 Å². The van der Waals surface area contributed by atoms with Crippen molar-refractivity contribution in [3.05, 3.63) is 82.0 Å². The zero-order valence-electron chi connectivity index (χ0n) is 22.1. The Kier molecular flexibility index (Phi) is 8.22. The van der Waals surface area contributed by atoms with Gasteiger partial charge in [-0.1, -0.05) is 18.2 Å². The van der Waals surface area contributed by atoms with E-state index >= 15 is 0 Å². The summed E-state index contributed by atoms with van der Waals surface area (Å²) in [5.41, 5.74) is 1.84. The zero-order chi connectivity index (χ0) is 28.3. The minimum atomic E-state index is -4.85. The number of hydrogen-bond acceptors (Lipinski definition) is 7. The largest absolute Gasteiger partial charge is 0.489 e. The van der Waals surface area contributed by atoms with E-state index in [1.54, 1.807) is 12.1 Å². The molecule has 0 atom stereocenters. The number of aromatic nitrogens is 3. The molecule has 210 valence electrons. The smallest absolute Gasteiger partial charge is 0.434 e. The molecule has 11 heteroatoms. The van der Waals surface area contributed by atoms with Crippen molar-refractivity contribution in [2.75, 3.05) is 19.7 Å². The summed E-state index contributed by atoms with van der Waals surface area (Å²) >= 11 is 1.42. The first-order valence-electron chi connectivity index (χ1n) is 13.1. The molecule has 5 rings (SSSR count). The van der Waals surface area contributed by atoms with Gasteiger partial charge in [0.05, 0.1) is 23.4 Å². The molecule has 0 unspecified atom stereocenters. The number of carbonyl (C=O) groups is 1. The van der Waals surface area contributed by atoms with Crippen molar-refractivity contribution in [3.63, 3.8) is 0 Å². The van der Waals surface area contributed by atoms with Crippen LogP contribution < -0.4 is 10.1 Å². The number of hydrogen-bond donors (Lipinski definition) is 1. The number of alkyl halides is 3. The second-order valence-corrected chi connectivity index (χ2v) is 10.4. The molecule has 1 fully saturated rings. The lowest BCUT2D eigenvalue weighted by Gasteiger charge is -2.23. The lowest BCUT2D eigenvalue weighted by atomic mass is 9.89. The highest BCUT2D eigenvalue weighted by Crippen LogP contribution is 2.35. The lowest BCUT2D eigenvalue weighted by Crippen LogP contribution is -2.26. The summed E-state index contributed by atoms with van der Waals surface area (Å²) in [6.45, 7) is 5.84. The fourth-order valence-electron chi connectivity index (χ4n) is 4.89. The maximum Gasteiger partial charge on any atom is 0.434 e. The molecule has 1 aromatic carbocycles. The second-order valence-electron chi connectivity index (χ2n) is 9.53. The van der Waals surface area contributed by atoms with Gasteiger partial charge in [-0.3, -0.25) is 0 Å². The molecule has 1 aliphatic heterocycles. The fourth-order valence-corrected chi connectivity index (χ4v) is 5.78. The Balaban J connectivity index is 1.38. The molecule has 0 amide bonds. The minimum Gasteiger partial charge on any atom is -0.489 e. The average Bonchev–Trinajstić information content (AvgIpc) is 3.61. The third-order valence-electron chi connectivity index (χ3n) is 6.86. The van der Waals surface area contributed by atoms with Gasteiger partial charge in [0.1, 0.15) is 17.9 Å². The van der Waals surface area contributed by atoms with E-state index < -0.39 is 23.4 Å². The Morgan fingerprint density at radius 2 is 1.98 bits per heavy atom. The first-order chi connectivity index (χ1) is 19.3. The van der Waals surface area contributed by atoms with E-state index in [1.165, 1.54) is 29.9 Å². The van der Waals surface area contributed by atoms with E-state index in [2.05, 4.69) is 27.5 Å². The summed E-state index contributed by atoms with van der Waals surface area (Å²) in [6, 6.07) is 13.0. The molecule has 0 aliphatic carbocycles. The van der Waals surface area contributed by atoms with Crippen LogP contribution in [0.5, 0.6) is 5.75 Å².